The van der Waals surface area contributed by atoms with Crippen LogP contribution in [0.2, 0.25) is 0 Å². The summed E-state index contributed by atoms with van der Waals surface area (Å²) in [5.41, 5.74) is 0. The average molecular weight is 314 g/mol. The molecule has 0 spiro atoms. The zero-order valence-electron chi connectivity index (χ0n) is 11.4. The van der Waals surface area contributed by atoms with Crippen molar-refractivity contribution in [2.45, 2.75) is 31.9 Å². The average Bonchev–Trinajstić information content (AvgIpc) is 2.40. The molecule has 0 bridgehead atoms. The lowest BCUT2D eigenvalue weighted by molar-refractivity contribution is -0.139. The molecule has 2 saturated heterocycles. The Kier molecular flexibility index (Phi) is 9.74. The Bertz CT molecular complexity index is 263. The normalized spacial score (nSPS) is 27.8. The van der Waals surface area contributed by atoms with Crippen molar-refractivity contribution in [3.63, 3.8) is 0 Å². The number of rotatable bonds is 3. The van der Waals surface area contributed by atoms with E-state index in [1.54, 1.807) is 0 Å². The smallest absolute Gasteiger partial charge is 0.250 e. The molecule has 7 heteroatoms. The van der Waals surface area contributed by atoms with Crippen LogP contribution in [0.3, 0.4) is 0 Å². The number of hydrogen-bond donors (Lipinski definition) is 2. The molecule has 0 aromatic carbocycles. The first kappa shape index (κ1) is 18.9. The van der Waals surface area contributed by atoms with Gasteiger partial charge in [-0.2, -0.15) is 0 Å². The van der Waals surface area contributed by atoms with Crippen LogP contribution in [0.15, 0.2) is 0 Å². The molecule has 1 amide bonds. The molecule has 0 aromatic rings. The number of nitrogens with one attached hydrogen (secondary N) is 2. The number of hydrogen-bond acceptors (Lipinski definition) is 4. The predicted molar refractivity (Wildman–Crippen MR) is 80.4 cm³/mol. The quantitative estimate of drug-likeness (QED) is 0.793. The van der Waals surface area contributed by atoms with E-state index in [4.69, 9.17) is 4.74 Å². The molecule has 2 N–H and O–H groups in total. The second kappa shape index (κ2) is 9.77. The molecular weight excluding hydrogens is 289 g/mol. The summed E-state index contributed by atoms with van der Waals surface area (Å²) in [5, 5.41) is 6.38. The number of ether oxygens (including phenoxy) is 1. The molecule has 2 fully saturated rings. The molecule has 0 radical (unpaired) electrons. The molecular formula is C12H25Cl2N3O2. The van der Waals surface area contributed by atoms with Gasteiger partial charge in [0.2, 0.25) is 0 Å². The summed E-state index contributed by atoms with van der Waals surface area (Å²) in [5.74, 6) is 0.0526. The fourth-order valence-corrected chi connectivity index (χ4v) is 2.42. The van der Waals surface area contributed by atoms with E-state index < -0.39 is 0 Å². The van der Waals surface area contributed by atoms with E-state index in [9.17, 15) is 4.79 Å². The first-order valence-corrected chi connectivity index (χ1v) is 6.64. The molecule has 2 aliphatic rings. The number of carbonyl (C=O) groups excluding carboxylic acids is 1. The van der Waals surface area contributed by atoms with Crippen LogP contribution in [0, 0.1) is 0 Å². The second-order valence-corrected chi connectivity index (χ2v) is 4.80. The van der Waals surface area contributed by atoms with Crippen molar-refractivity contribution in [3.8, 4) is 0 Å². The van der Waals surface area contributed by atoms with E-state index in [0.29, 0.717) is 6.61 Å². The molecule has 2 rings (SSSR count). The van der Waals surface area contributed by atoms with Crippen molar-refractivity contribution in [2.24, 2.45) is 0 Å². The molecule has 2 unspecified atom stereocenters. The van der Waals surface area contributed by atoms with Crippen LogP contribution in [-0.2, 0) is 9.53 Å². The zero-order chi connectivity index (χ0) is 12.1. The largest absolute Gasteiger partial charge is 0.366 e. The molecule has 0 aliphatic carbocycles. The van der Waals surface area contributed by atoms with E-state index in [0.717, 1.165) is 45.6 Å². The van der Waals surface area contributed by atoms with Gasteiger partial charge in [-0.3, -0.25) is 9.69 Å². The summed E-state index contributed by atoms with van der Waals surface area (Å²) in [7, 11) is 0. The summed E-state index contributed by atoms with van der Waals surface area (Å²) in [6, 6.07) is 0.275. The number of amides is 1. The molecule has 0 saturated carbocycles. The Labute approximate surface area is 127 Å². The lowest BCUT2D eigenvalue weighted by Gasteiger charge is -2.32. The number of halogens is 2. The number of likely N-dealkylation sites (N-methyl/N-ethyl adjacent to an activating group) is 1. The maximum Gasteiger partial charge on any atom is 0.250 e. The summed E-state index contributed by atoms with van der Waals surface area (Å²) >= 11 is 0. The first-order chi connectivity index (χ1) is 8.29. The topological polar surface area (TPSA) is 53.6 Å². The zero-order valence-corrected chi connectivity index (χ0v) is 13.0. The van der Waals surface area contributed by atoms with Gasteiger partial charge < -0.3 is 15.4 Å². The number of morpholine rings is 1. The van der Waals surface area contributed by atoms with E-state index in [1.165, 1.54) is 0 Å². The maximum atomic E-state index is 12.0. The summed E-state index contributed by atoms with van der Waals surface area (Å²) in [4.78, 5) is 14.3. The van der Waals surface area contributed by atoms with Gasteiger partial charge in [0, 0.05) is 25.7 Å². The predicted octanol–water partition coefficient (Wildman–Crippen LogP) is 0.419. The summed E-state index contributed by atoms with van der Waals surface area (Å²) < 4.78 is 5.54. The van der Waals surface area contributed by atoms with E-state index in [2.05, 4.69) is 22.5 Å². The highest BCUT2D eigenvalue weighted by molar-refractivity contribution is 5.85. The van der Waals surface area contributed by atoms with Gasteiger partial charge in [0.05, 0.1) is 6.61 Å². The molecule has 2 heterocycles. The fourth-order valence-electron chi connectivity index (χ4n) is 2.42. The van der Waals surface area contributed by atoms with Gasteiger partial charge in [0.15, 0.2) is 0 Å². The highest BCUT2D eigenvalue weighted by Crippen LogP contribution is 2.07. The monoisotopic (exact) mass is 313 g/mol. The molecule has 2 atom stereocenters. The summed E-state index contributed by atoms with van der Waals surface area (Å²) in [6.45, 7) is 7.37. The second-order valence-electron chi connectivity index (χ2n) is 4.80. The van der Waals surface area contributed by atoms with Crippen molar-refractivity contribution in [3.05, 3.63) is 0 Å². The minimum atomic E-state index is -0.286. The molecule has 114 valence electrons. The van der Waals surface area contributed by atoms with Crippen LogP contribution in [0.4, 0.5) is 0 Å². The third-order valence-electron chi connectivity index (χ3n) is 3.53. The van der Waals surface area contributed by atoms with Gasteiger partial charge in [-0.25, -0.2) is 0 Å². The van der Waals surface area contributed by atoms with Gasteiger partial charge in [0.25, 0.3) is 5.91 Å². The summed E-state index contributed by atoms with van der Waals surface area (Å²) in [6.07, 6.45) is 1.92. The van der Waals surface area contributed by atoms with Crippen molar-refractivity contribution >= 4 is 30.7 Å². The van der Waals surface area contributed by atoms with E-state index >= 15 is 0 Å². The van der Waals surface area contributed by atoms with Gasteiger partial charge in [-0.05, 0) is 25.9 Å². The van der Waals surface area contributed by atoms with Crippen LogP contribution in [-0.4, -0.2) is 62.3 Å². The number of nitrogens with zero attached hydrogens (tertiary/aromatic N) is 1. The SMILES string of the molecule is CCN1CCOC(C(=O)NC2CCCNC2)C1.Cl.Cl. The Balaban J connectivity index is 0.00000162. The number of piperidine rings is 1. The van der Waals surface area contributed by atoms with Crippen molar-refractivity contribution in [2.75, 3.05) is 39.3 Å². The highest BCUT2D eigenvalue weighted by atomic mass is 35.5. The molecule has 0 aromatic heterocycles. The number of carbonyl (C=O) groups is 1. The Morgan fingerprint density at radius 1 is 1.47 bits per heavy atom. The maximum absolute atomic E-state index is 12.0. The molecule has 2 aliphatic heterocycles. The minimum absolute atomic E-state index is 0. The molecule has 5 nitrogen and oxygen atoms in total. The Hall–Kier alpha value is -0.0700. The van der Waals surface area contributed by atoms with Gasteiger partial charge in [-0.1, -0.05) is 6.92 Å². The lowest BCUT2D eigenvalue weighted by atomic mass is 10.1. The van der Waals surface area contributed by atoms with Gasteiger partial charge in [0.1, 0.15) is 6.10 Å². The highest BCUT2D eigenvalue weighted by Gasteiger charge is 2.27. The van der Waals surface area contributed by atoms with Crippen LogP contribution < -0.4 is 10.6 Å². The van der Waals surface area contributed by atoms with E-state index in [1.807, 2.05) is 0 Å². The Morgan fingerprint density at radius 2 is 2.26 bits per heavy atom. The first-order valence-electron chi connectivity index (χ1n) is 6.64. The van der Waals surface area contributed by atoms with Crippen LogP contribution >= 0.6 is 24.8 Å². The third kappa shape index (κ3) is 5.83. The minimum Gasteiger partial charge on any atom is -0.366 e. The fraction of sp³-hybridized carbons (Fsp3) is 0.917. The van der Waals surface area contributed by atoms with Crippen molar-refractivity contribution in [1.29, 1.82) is 0 Å². The van der Waals surface area contributed by atoms with Gasteiger partial charge in [-0.15, -0.1) is 24.8 Å². The lowest BCUT2D eigenvalue weighted by Crippen LogP contribution is -2.54. The van der Waals surface area contributed by atoms with E-state index in [-0.39, 0.29) is 42.9 Å². The molecule has 19 heavy (non-hydrogen) atoms. The van der Waals surface area contributed by atoms with Crippen molar-refractivity contribution in [1.82, 2.24) is 15.5 Å². The third-order valence-corrected chi connectivity index (χ3v) is 3.53. The van der Waals surface area contributed by atoms with Crippen LogP contribution in [0.25, 0.3) is 0 Å². The Morgan fingerprint density at radius 3 is 2.89 bits per heavy atom. The van der Waals surface area contributed by atoms with Crippen LogP contribution in [0.5, 0.6) is 0 Å². The standard InChI is InChI=1S/C12H23N3O2.2ClH/c1-2-15-6-7-17-11(9-15)12(16)14-10-4-3-5-13-8-10;;/h10-11,13H,2-9H2,1H3,(H,14,16);2*1H. The van der Waals surface area contributed by atoms with Crippen molar-refractivity contribution < 1.29 is 9.53 Å². The van der Waals surface area contributed by atoms with Gasteiger partial charge >= 0.3 is 0 Å². The van der Waals surface area contributed by atoms with Crippen LogP contribution in [0.1, 0.15) is 19.8 Å².